The summed E-state index contributed by atoms with van der Waals surface area (Å²) in [5.74, 6) is -1.72. The highest BCUT2D eigenvalue weighted by atomic mass is 35.5. The van der Waals surface area contributed by atoms with Gasteiger partial charge in [-0.15, -0.1) is 0 Å². The van der Waals surface area contributed by atoms with Crippen molar-refractivity contribution >= 4 is 46.9 Å². The molecule has 1 aromatic carbocycles. The lowest BCUT2D eigenvalue weighted by molar-refractivity contribution is -0.134. The number of hydrogen-bond acceptors (Lipinski definition) is 6. The first-order valence-corrected chi connectivity index (χ1v) is 10.5. The molecule has 1 heterocycles. The van der Waals surface area contributed by atoms with Crippen molar-refractivity contribution in [3.63, 3.8) is 0 Å². The molecule has 170 valence electrons. The molecule has 1 aliphatic rings. The molecule has 10 heteroatoms. The molecular weight excluding hydrogens is 447 g/mol. The first-order valence-electron chi connectivity index (χ1n) is 9.76. The smallest absolute Gasteiger partial charge is 0.245 e. The van der Waals surface area contributed by atoms with Crippen molar-refractivity contribution in [2.75, 3.05) is 19.8 Å². The lowest BCUT2D eigenvalue weighted by Gasteiger charge is -2.24. The van der Waals surface area contributed by atoms with Crippen molar-refractivity contribution in [1.82, 2.24) is 10.6 Å². The van der Waals surface area contributed by atoms with Crippen LogP contribution in [0.3, 0.4) is 0 Å². The molecule has 1 aromatic rings. The highest BCUT2D eigenvalue weighted by Gasteiger charge is 2.54. The fraction of sp³-hybridized carbons (Fsp3) is 0.476. The van der Waals surface area contributed by atoms with Crippen molar-refractivity contribution in [3.05, 3.63) is 39.9 Å². The minimum Gasteiger partial charge on any atom is -0.394 e. The second-order valence-electron chi connectivity index (χ2n) is 7.74. The van der Waals surface area contributed by atoms with E-state index in [1.165, 1.54) is 18.2 Å². The highest BCUT2D eigenvalue weighted by molar-refractivity contribution is 6.35. The van der Waals surface area contributed by atoms with E-state index in [9.17, 15) is 24.6 Å². The molecule has 2 amide bonds. The summed E-state index contributed by atoms with van der Waals surface area (Å²) in [6, 6.07) is 2.58. The number of carbonyl (C=O) groups excluding carboxylic acids is 3. The van der Waals surface area contributed by atoms with Crippen LogP contribution in [0, 0.1) is 5.92 Å². The summed E-state index contributed by atoms with van der Waals surface area (Å²) in [6.07, 6.45) is 2.93. The number of benzene rings is 1. The van der Waals surface area contributed by atoms with Crippen molar-refractivity contribution in [2.24, 2.45) is 5.92 Å². The number of aliphatic hydroxyl groups is 2. The zero-order chi connectivity index (χ0) is 23.2. The molecule has 0 unspecified atom stereocenters. The van der Waals surface area contributed by atoms with Crippen molar-refractivity contribution in [3.8, 4) is 0 Å². The van der Waals surface area contributed by atoms with Crippen molar-refractivity contribution < 1.29 is 29.3 Å². The normalized spacial score (nSPS) is 19.8. The van der Waals surface area contributed by atoms with Gasteiger partial charge in [-0.3, -0.25) is 14.4 Å². The zero-order valence-electron chi connectivity index (χ0n) is 17.2. The minimum atomic E-state index is -1.29. The summed E-state index contributed by atoms with van der Waals surface area (Å²) in [4.78, 5) is 37.5. The van der Waals surface area contributed by atoms with Gasteiger partial charge in [0, 0.05) is 16.1 Å². The van der Waals surface area contributed by atoms with Crippen molar-refractivity contribution in [2.45, 2.75) is 38.0 Å². The third kappa shape index (κ3) is 7.02. The number of halogens is 2. The fourth-order valence-electron chi connectivity index (χ4n) is 2.91. The number of aliphatic hydroxyl groups excluding tert-OH is 2. The maximum absolute atomic E-state index is 12.7. The molecule has 0 bridgehead atoms. The Balaban J connectivity index is 2.02. The van der Waals surface area contributed by atoms with E-state index in [-0.39, 0.29) is 12.5 Å². The molecule has 4 N–H and O–H groups in total. The van der Waals surface area contributed by atoms with E-state index in [4.69, 9.17) is 27.9 Å². The first kappa shape index (κ1) is 25.3. The molecule has 0 aliphatic carbocycles. The average Bonchev–Trinajstić information content (AvgIpc) is 3.51. The van der Waals surface area contributed by atoms with Gasteiger partial charge in [0.05, 0.1) is 25.9 Å². The van der Waals surface area contributed by atoms with E-state index < -0.39 is 48.5 Å². The molecule has 1 fully saturated rings. The molecular formula is C21H26Cl2N2O6. The predicted octanol–water partition coefficient (Wildman–Crippen LogP) is 1.34. The maximum Gasteiger partial charge on any atom is 0.245 e. The third-order valence-corrected chi connectivity index (χ3v) is 5.29. The Hall–Kier alpha value is -1.97. The quantitative estimate of drug-likeness (QED) is 0.284. The molecule has 1 saturated heterocycles. The van der Waals surface area contributed by atoms with Crippen LogP contribution in [0.2, 0.25) is 10.0 Å². The number of ketones is 1. The van der Waals surface area contributed by atoms with E-state index in [2.05, 4.69) is 10.6 Å². The third-order valence-electron chi connectivity index (χ3n) is 4.73. The molecule has 0 saturated carbocycles. The minimum absolute atomic E-state index is 0.0676. The second-order valence-corrected chi connectivity index (χ2v) is 8.58. The van der Waals surface area contributed by atoms with Gasteiger partial charge < -0.3 is 25.6 Å². The van der Waals surface area contributed by atoms with Crippen LogP contribution in [0.5, 0.6) is 0 Å². The summed E-state index contributed by atoms with van der Waals surface area (Å²) in [5.41, 5.74) is -0.738. The Morgan fingerprint density at radius 1 is 1.19 bits per heavy atom. The fourth-order valence-corrected chi connectivity index (χ4v) is 3.38. The predicted molar refractivity (Wildman–Crippen MR) is 117 cm³/mol. The van der Waals surface area contributed by atoms with Gasteiger partial charge in [-0.25, -0.2) is 0 Å². The lowest BCUT2D eigenvalue weighted by atomic mass is 9.92. The Bertz CT molecular complexity index is 854. The van der Waals surface area contributed by atoms with Crippen LogP contribution in [0.25, 0.3) is 6.08 Å². The van der Waals surface area contributed by atoms with Crippen molar-refractivity contribution in [1.29, 1.82) is 0 Å². The van der Waals surface area contributed by atoms with Gasteiger partial charge in [-0.2, -0.15) is 0 Å². The molecule has 8 nitrogen and oxygen atoms in total. The van der Waals surface area contributed by atoms with Crippen LogP contribution < -0.4 is 10.6 Å². The molecule has 31 heavy (non-hydrogen) atoms. The number of nitrogens with one attached hydrogen (secondary N) is 2. The highest BCUT2D eigenvalue weighted by Crippen LogP contribution is 2.30. The number of carbonyl (C=O) groups is 3. The van der Waals surface area contributed by atoms with E-state index in [0.717, 1.165) is 0 Å². The van der Waals surface area contributed by atoms with Crippen LogP contribution in [0.4, 0.5) is 0 Å². The van der Waals surface area contributed by atoms with E-state index in [1.807, 2.05) is 13.8 Å². The summed E-state index contributed by atoms with van der Waals surface area (Å²) in [5, 5.41) is 24.7. The van der Waals surface area contributed by atoms with Gasteiger partial charge in [-0.1, -0.05) is 43.1 Å². The standard InChI is InChI=1S/C21H26Cl2N2O6/c1-12(2)7-16(19(29)21(10-27)11-31-21)25-20(30)17(9-26)24-18(28)6-4-13-3-5-14(22)8-15(13)23/h3-6,8,12,16-17,26-27H,7,9-11H2,1-2H3,(H,24,28)(H,25,30)/b6-4+/t16-,17-,21+/m0/s1. The summed E-state index contributed by atoms with van der Waals surface area (Å²) >= 11 is 11.9. The maximum atomic E-state index is 12.7. The Labute approximate surface area is 190 Å². The van der Waals surface area contributed by atoms with Crippen LogP contribution in [0.15, 0.2) is 24.3 Å². The summed E-state index contributed by atoms with van der Waals surface area (Å²) in [7, 11) is 0. The second kappa shape index (κ2) is 11.1. The SMILES string of the molecule is CC(C)C[C@H](NC(=O)[C@H](CO)NC(=O)/C=C/c1ccc(Cl)cc1Cl)C(=O)[C@@]1(CO)CO1. The lowest BCUT2D eigenvalue weighted by Crippen LogP contribution is -2.55. The van der Waals surface area contributed by atoms with Gasteiger partial charge in [0.1, 0.15) is 6.04 Å². The van der Waals surface area contributed by atoms with E-state index >= 15 is 0 Å². The van der Waals surface area contributed by atoms with Gasteiger partial charge in [0.25, 0.3) is 0 Å². The number of ether oxygens (including phenoxy) is 1. The molecule has 0 aromatic heterocycles. The van der Waals surface area contributed by atoms with Crippen LogP contribution >= 0.6 is 23.2 Å². The number of rotatable bonds is 11. The zero-order valence-corrected chi connectivity index (χ0v) is 18.7. The van der Waals surface area contributed by atoms with Gasteiger partial charge in [-0.05, 0) is 36.1 Å². The molecule has 2 rings (SSSR count). The summed E-state index contributed by atoms with van der Waals surface area (Å²) < 4.78 is 5.10. The van der Waals surface area contributed by atoms with E-state index in [1.54, 1.807) is 12.1 Å². The molecule has 0 radical (unpaired) electrons. The molecule has 0 spiro atoms. The van der Waals surface area contributed by atoms with E-state index in [0.29, 0.717) is 22.0 Å². The van der Waals surface area contributed by atoms with Crippen LogP contribution in [-0.2, 0) is 19.1 Å². The topological polar surface area (TPSA) is 128 Å². The van der Waals surface area contributed by atoms with Crippen LogP contribution in [0.1, 0.15) is 25.8 Å². The van der Waals surface area contributed by atoms with Gasteiger partial charge in [0.2, 0.25) is 11.8 Å². The first-order chi connectivity index (χ1) is 14.6. The Morgan fingerprint density at radius 2 is 1.87 bits per heavy atom. The number of hydrogen-bond donors (Lipinski definition) is 4. The summed E-state index contributed by atoms with van der Waals surface area (Å²) in [6.45, 7) is 2.70. The molecule has 1 aliphatic heterocycles. The van der Waals surface area contributed by atoms with Gasteiger partial charge >= 0.3 is 0 Å². The Kier molecular flexibility index (Phi) is 9.02. The number of amides is 2. The largest absolute Gasteiger partial charge is 0.394 e. The number of epoxide rings is 1. The monoisotopic (exact) mass is 472 g/mol. The van der Waals surface area contributed by atoms with Crippen LogP contribution in [-0.4, -0.2) is 65.3 Å². The Morgan fingerprint density at radius 3 is 2.39 bits per heavy atom. The average molecular weight is 473 g/mol. The van der Waals surface area contributed by atoms with Gasteiger partial charge in [0.15, 0.2) is 11.4 Å². The number of Topliss-reactive ketones (excluding diaryl/α,β-unsaturated/α-hetero) is 1. The molecule has 3 atom stereocenters.